The molecular weight excluding hydrogens is 531 g/mol. The summed E-state index contributed by atoms with van der Waals surface area (Å²) in [7, 11) is 0. The van der Waals surface area contributed by atoms with E-state index in [0.29, 0.717) is 22.4 Å². The molecule has 0 saturated carbocycles. The number of nitrogens with one attached hydrogen (secondary N) is 1. The van der Waals surface area contributed by atoms with Gasteiger partial charge in [-0.05, 0) is 85.0 Å². The topological polar surface area (TPSA) is 103 Å². The minimum atomic E-state index is -0.937. The SMILES string of the molecule is Cc1cc2ncn(CC(=O)N[C@@H](Cc3cc(F)cc(F)c3)c3ncccc3-c3ccc(F)c(C(N)=O)c3)c2cc1C. The lowest BCUT2D eigenvalue weighted by molar-refractivity contribution is -0.122. The van der Waals surface area contributed by atoms with E-state index in [4.69, 9.17) is 5.73 Å². The highest BCUT2D eigenvalue weighted by atomic mass is 19.1. The first-order valence-electron chi connectivity index (χ1n) is 12.8. The van der Waals surface area contributed by atoms with Crippen LogP contribution in [0.15, 0.2) is 73.2 Å². The Labute approximate surface area is 233 Å². The average Bonchev–Trinajstić information content (AvgIpc) is 3.28. The Bertz CT molecular complexity index is 1780. The molecule has 3 N–H and O–H groups in total. The number of rotatable bonds is 8. The molecule has 1 atom stereocenters. The molecule has 0 spiro atoms. The summed E-state index contributed by atoms with van der Waals surface area (Å²) in [4.78, 5) is 34.1. The average molecular weight is 558 g/mol. The van der Waals surface area contributed by atoms with Gasteiger partial charge in [-0.3, -0.25) is 14.6 Å². The third kappa shape index (κ3) is 5.96. The number of benzene rings is 3. The van der Waals surface area contributed by atoms with Gasteiger partial charge in [0.25, 0.3) is 5.91 Å². The maximum absolute atomic E-state index is 14.2. The second-order valence-electron chi connectivity index (χ2n) is 9.89. The van der Waals surface area contributed by atoms with E-state index in [1.165, 1.54) is 30.5 Å². The Morgan fingerprint density at radius 3 is 2.41 bits per heavy atom. The number of carbonyl (C=O) groups is 2. The van der Waals surface area contributed by atoms with E-state index in [-0.39, 0.29) is 18.5 Å². The van der Waals surface area contributed by atoms with Crippen molar-refractivity contribution in [3.05, 3.63) is 119 Å². The molecule has 2 heterocycles. The van der Waals surface area contributed by atoms with Crippen molar-refractivity contribution in [1.82, 2.24) is 19.9 Å². The third-order valence-corrected chi connectivity index (χ3v) is 6.96. The van der Waals surface area contributed by atoms with Crippen molar-refractivity contribution in [1.29, 1.82) is 0 Å². The van der Waals surface area contributed by atoms with Gasteiger partial charge in [-0.2, -0.15) is 0 Å². The molecule has 5 rings (SSSR count). The second kappa shape index (κ2) is 11.2. The molecule has 0 fully saturated rings. The van der Waals surface area contributed by atoms with Crippen LogP contribution in [-0.2, 0) is 17.8 Å². The molecule has 2 amide bonds. The maximum atomic E-state index is 14.2. The standard InChI is InChI=1S/C31H26F3N5O2/c1-17-8-26-28(9-18(17)2)39(16-37-26)15-29(40)38-27(12-19-10-21(32)14-22(33)11-19)30-23(4-3-7-36-30)20-5-6-25(34)24(13-20)31(35)41/h3-11,13-14,16,27H,12,15H2,1-2H3,(H2,35,41)(H,38,40)/t27-/m0/s1. The van der Waals surface area contributed by atoms with Gasteiger partial charge in [-0.25, -0.2) is 18.2 Å². The van der Waals surface area contributed by atoms with Crippen LogP contribution >= 0.6 is 0 Å². The molecule has 0 bridgehead atoms. The molecule has 7 nitrogen and oxygen atoms in total. The first-order valence-corrected chi connectivity index (χ1v) is 12.8. The number of pyridine rings is 1. The summed E-state index contributed by atoms with van der Waals surface area (Å²) in [5, 5.41) is 2.95. The van der Waals surface area contributed by atoms with Crippen LogP contribution in [0.4, 0.5) is 13.2 Å². The van der Waals surface area contributed by atoms with Gasteiger partial charge in [-0.1, -0.05) is 12.1 Å². The summed E-state index contributed by atoms with van der Waals surface area (Å²) in [6.45, 7) is 3.89. The summed E-state index contributed by atoms with van der Waals surface area (Å²) >= 11 is 0. The molecule has 0 aliphatic heterocycles. The van der Waals surface area contributed by atoms with Crippen molar-refractivity contribution < 1.29 is 22.8 Å². The monoisotopic (exact) mass is 557 g/mol. The van der Waals surface area contributed by atoms with Gasteiger partial charge in [0, 0.05) is 17.8 Å². The highest BCUT2D eigenvalue weighted by Crippen LogP contribution is 2.30. The molecule has 5 aromatic rings. The fourth-order valence-corrected chi connectivity index (χ4v) is 4.84. The summed E-state index contributed by atoms with van der Waals surface area (Å²) in [6.07, 6.45) is 3.09. The van der Waals surface area contributed by atoms with Gasteiger partial charge in [-0.15, -0.1) is 0 Å². The Hall–Kier alpha value is -4.99. The molecule has 0 aliphatic rings. The Morgan fingerprint density at radius 1 is 0.951 bits per heavy atom. The van der Waals surface area contributed by atoms with Crippen LogP contribution in [0.25, 0.3) is 22.2 Å². The van der Waals surface area contributed by atoms with Crippen molar-refractivity contribution in [2.75, 3.05) is 0 Å². The van der Waals surface area contributed by atoms with E-state index >= 15 is 0 Å². The van der Waals surface area contributed by atoms with Gasteiger partial charge in [0.15, 0.2) is 0 Å². The lowest BCUT2D eigenvalue weighted by Crippen LogP contribution is -2.33. The summed E-state index contributed by atoms with van der Waals surface area (Å²) in [6, 6.07) is 13.4. The van der Waals surface area contributed by atoms with Crippen molar-refractivity contribution in [2.24, 2.45) is 5.73 Å². The number of amides is 2. The molecule has 2 aromatic heterocycles. The van der Waals surface area contributed by atoms with Gasteiger partial charge in [0.05, 0.1) is 34.7 Å². The number of carbonyl (C=O) groups excluding carboxylic acids is 2. The number of aryl methyl sites for hydroxylation is 2. The van der Waals surface area contributed by atoms with Crippen molar-refractivity contribution >= 4 is 22.8 Å². The number of imidazole rings is 1. The summed E-state index contributed by atoms with van der Waals surface area (Å²) in [5.74, 6) is -3.62. The maximum Gasteiger partial charge on any atom is 0.251 e. The molecule has 0 saturated heterocycles. The zero-order valence-corrected chi connectivity index (χ0v) is 22.3. The van der Waals surface area contributed by atoms with Crippen LogP contribution in [0.2, 0.25) is 0 Å². The Kier molecular flexibility index (Phi) is 7.56. The van der Waals surface area contributed by atoms with E-state index in [1.54, 1.807) is 23.0 Å². The number of nitrogens with zero attached hydrogens (tertiary/aromatic N) is 3. The van der Waals surface area contributed by atoms with Crippen LogP contribution in [-0.4, -0.2) is 26.3 Å². The predicted octanol–water partition coefficient (Wildman–Crippen LogP) is 5.33. The molecule has 0 unspecified atom stereocenters. The smallest absolute Gasteiger partial charge is 0.251 e. The zero-order valence-electron chi connectivity index (χ0n) is 22.3. The third-order valence-electron chi connectivity index (χ3n) is 6.96. The van der Waals surface area contributed by atoms with Gasteiger partial charge in [0.2, 0.25) is 5.91 Å². The number of primary amides is 1. The second-order valence-corrected chi connectivity index (χ2v) is 9.89. The number of halogens is 3. The first kappa shape index (κ1) is 27.6. The lowest BCUT2D eigenvalue weighted by atomic mass is 9.94. The molecular formula is C31H26F3N5O2. The van der Waals surface area contributed by atoms with E-state index < -0.39 is 35.3 Å². The van der Waals surface area contributed by atoms with Crippen LogP contribution < -0.4 is 11.1 Å². The van der Waals surface area contributed by atoms with Crippen molar-refractivity contribution in [3.63, 3.8) is 0 Å². The normalized spacial score (nSPS) is 11.9. The van der Waals surface area contributed by atoms with Crippen LogP contribution in [0.3, 0.4) is 0 Å². The van der Waals surface area contributed by atoms with Crippen molar-refractivity contribution in [2.45, 2.75) is 32.9 Å². The molecule has 41 heavy (non-hydrogen) atoms. The molecule has 3 aromatic carbocycles. The zero-order chi connectivity index (χ0) is 29.3. The fourth-order valence-electron chi connectivity index (χ4n) is 4.84. The number of nitrogens with two attached hydrogens (primary N) is 1. The van der Waals surface area contributed by atoms with Crippen molar-refractivity contribution in [3.8, 4) is 11.1 Å². The molecule has 208 valence electrons. The minimum Gasteiger partial charge on any atom is -0.366 e. The lowest BCUT2D eigenvalue weighted by Gasteiger charge is -2.22. The number of hydrogen-bond donors (Lipinski definition) is 2. The van der Waals surface area contributed by atoms with E-state index in [1.807, 2.05) is 26.0 Å². The number of aromatic nitrogens is 3. The van der Waals surface area contributed by atoms with Gasteiger partial charge < -0.3 is 15.6 Å². The van der Waals surface area contributed by atoms with Gasteiger partial charge in [0.1, 0.15) is 24.0 Å². The number of hydrogen-bond acceptors (Lipinski definition) is 4. The largest absolute Gasteiger partial charge is 0.366 e. The summed E-state index contributed by atoms with van der Waals surface area (Å²) in [5.41, 5.74) is 10.3. The number of fused-ring (bicyclic) bond motifs is 1. The van der Waals surface area contributed by atoms with Crippen LogP contribution in [0.1, 0.15) is 38.8 Å². The van der Waals surface area contributed by atoms with Gasteiger partial charge >= 0.3 is 0 Å². The highest BCUT2D eigenvalue weighted by Gasteiger charge is 2.23. The van der Waals surface area contributed by atoms with E-state index in [0.717, 1.165) is 34.3 Å². The Balaban J connectivity index is 1.53. The minimum absolute atomic E-state index is 0.00269. The van der Waals surface area contributed by atoms with E-state index in [9.17, 15) is 22.8 Å². The van der Waals surface area contributed by atoms with Crippen LogP contribution in [0, 0.1) is 31.3 Å². The quantitative estimate of drug-likeness (QED) is 0.269. The summed E-state index contributed by atoms with van der Waals surface area (Å²) < 4.78 is 44.1. The van der Waals surface area contributed by atoms with E-state index in [2.05, 4.69) is 15.3 Å². The molecule has 10 heteroatoms. The molecule has 0 radical (unpaired) electrons. The fraction of sp³-hybridized carbons (Fsp3) is 0.161. The first-order chi connectivity index (χ1) is 19.6. The molecule has 0 aliphatic carbocycles. The highest BCUT2D eigenvalue weighted by molar-refractivity contribution is 5.94. The predicted molar refractivity (Wildman–Crippen MR) is 148 cm³/mol. The van der Waals surface area contributed by atoms with Crippen LogP contribution in [0.5, 0.6) is 0 Å². The Morgan fingerprint density at radius 2 is 1.68 bits per heavy atom.